The number of imidazole rings is 1. The van der Waals surface area contributed by atoms with Gasteiger partial charge in [-0.1, -0.05) is 6.07 Å². The van der Waals surface area contributed by atoms with Gasteiger partial charge in [0.15, 0.2) is 5.82 Å². The quantitative estimate of drug-likeness (QED) is 0.753. The number of hydrogen-bond donors (Lipinski definition) is 2. The molecule has 2 heterocycles. The van der Waals surface area contributed by atoms with Crippen molar-refractivity contribution >= 4 is 17.2 Å². The third-order valence-electron chi connectivity index (χ3n) is 1.60. The molecule has 2 aromatic heterocycles. The van der Waals surface area contributed by atoms with Gasteiger partial charge in [-0.3, -0.25) is 4.79 Å². The SMILES string of the molecule is NC(=O)c1ncc(-c2cccs2)[nH]1. The number of aromatic nitrogens is 2. The van der Waals surface area contributed by atoms with Crippen molar-refractivity contribution in [1.29, 1.82) is 0 Å². The second kappa shape index (κ2) is 3.02. The lowest BCUT2D eigenvalue weighted by molar-refractivity contribution is 0.0991. The Kier molecular flexibility index (Phi) is 1.86. The Morgan fingerprint density at radius 3 is 3.00 bits per heavy atom. The number of carbonyl (C=O) groups is 1. The molecule has 0 atom stereocenters. The molecule has 0 aliphatic rings. The molecule has 0 saturated heterocycles. The predicted molar refractivity (Wildman–Crippen MR) is 50.4 cm³/mol. The molecule has 13 heavy (non-hydrogen) atoms. The normalized spacial score (nSPS) is 10.2. The van der Waals surface area contributed by atoms with Gasteiger partial charge in [0.25, 0.3) is 5.91 Å². The molecule has 66 valence electrons. The average molecular weight is 193 g/mol. The van der Waals surface area contributed by atoms with Gasteiger partial charge in [-0.15, -0.1) is 11.3 Å². The van der Waals surface area contributed by atoms with E-state index in [1.165, 1.54) is 0 Å². The van der Waals surface area contributed by atoms with Crippen LogP contribution in [-0.2, 0) is 0 Å². The maximum Gasteiger partial charge on any atom is 0.284 e. The first-order valence-electron chi connectivity index (χ1n) is 3.66. The number of aromatic amines is 1. The Morgan fingerprint density at radius 2 is 2.46 bits per heavy atom. The molecule has 2 aromatic rings. The maximum atomic E-state index is 10.7. The number of rotatable bonds is 2. The van der Waals surface area contributed by atoms with Crippen LogP contribution in [0.4, 0.5) is 0 Å². The Labute approximate surface area is 78.4 Å². The van der Waals surface area contributed by atoms with Crippen LogP contribution in [0.2, 0.25) is 0 Å². The lowest BCUT2D eigenvalue weighted by atomic mass is 10.4. The van der Waals surface area contributed by atoms with E-state index in [4.69, 9.17) is 5.73 Å². The van der Waals surface area contributed by atoms with Crippen LogP contribution >= 0.6 is 11.3 Å². The van der Waals surface area contributed by atoms with Crippen LogP contribution in [-0.4, -0.2) is 15.9 Å². The zero-order valence-electron chi connectivity index (χ0n) is 6.65. The third kappa shape index (κ3) is 1.46. The van der Waals surface area contributed by atoms with Crippen LogP contribution in [0.25, 0.3) is 10.6 Å². The molecule has 0 saturated carbocycles. The fourth-order valence-electron chi connectivity index (χ4n) is 1.00. The number of carbonyl (C=O) groups excluding carboxylic acids is 1. The molecule has 1 amide bonds. The molecule has 0 aliphatic heterocycles. The largest absolute Gasteiger partial charge is 0.363 e. The monoisotopic (exact) mass is 193 g/mol. The van der Waals surface area contributed by atoms with Crippen LogP contribution in [0.1, 0.15) is 10.6 Å². The van der Waals surface area contributed by atoms with Gasteiger partial charge in [-0.25, -0.2) is 4.98 Å². The molecule has 0 aromatic carbocycles. The first-order valence-corrected chi connectivity index (χ1v) is 4.54. The lowest BCUT2D eigenvalue weighted by Gasteiger charge is -1.88. The topological polar surface area (TPSA) is 71.8 Å². The van der Waals surface area contributed by atoms with E-state index in [9.17, 15) is 4.79 Å². The van der Waals surface area contributed by atoms with Crippen LogP contribution in [0.3, 0.4) is 0 Å². The molecule has 3 N–H and O–H groups in total. The van der Waals surface area contributed by atoms with Crippen LogP contribution in [0.15, 0.2) is 23.7 Å². The number of amides is 1. The third-order valence-corrected chi connectivity index (χ3v) is 2.50. The highest BCUT2D eigenvalue weighted by atomic mass is 32.1. The number of thiophene rings is 1. The Morgan fingerprint density at radius 1 is 1.62 bits per heavy atom. The second-order valence-corrected chi connectivity index (χ2v) is 3.43. The zero-order chi connectivity index (χ0) is 9.26. The highest BCUT2D eigenvalue weighted by molar-refractivity contribution is 7.13. The van der Waals surface area contributed by atoms with E-state index < -0.39 is 5.91 Å². The summed E-state index contributed by atoms with van der Waals surface area (Å²) in [6.07, 6.45) is 1.60. The highest BCUT2D eigenvalue weighted by Gasteiger charge is 2.07. The summed E-state index contributed by atoms with van der Waals surface area (Å²) >= 11 is 1.58. The summed E-state index contributed by atoms with van der Waals surface area (Å²) in [5.74, 6) is -0.341. The summed E-state index contributed by atoms with van der Waals surface area (Å²) < 4.78 is 0. The number of nitrogens with zero attached hydrogens (tertiary/aromatic N) is 1. The smallest absolute Gasteiger partial charge is 0.284 e. The molecule has 0 fully saturated rings. The second-order valence-electron chi connectivity index (χ2n) is 2.49. The standard InChI is InChI=1S/C8H7N3OS/c9-7(12)8-10-4-5(11-8)6-2-1-3-13-6/h1-4H,(H2,9,12)(H,10,11). The molecule has 0 radical (unpaired) electrons. The van der Waals surface area contributed by atoms with Crippen molar-refractivity contribution in [3.8, 4) is 10.6 Å². The first-order chi connectivity index (χ1) is 6.27. The van der Waals surface area contributed by atoms with E-state index in [1.807, 2.05) is 17.5 Å². The summed E-state index contributed by atoms with van der Waals surface area (Å²) in [6.45, 7) is 0. The summed E-state index contributed by atoms with van der Waals surface area (Å²) in [4.78, 5) is 18.4. The van der Waals surface area contributed by atoms with Crippen molar-refractivity contribution in [1.82, 2.24) is 9.97 Å². The minimum absolute atomic E-state index is 0.198. The minimum Gasteiger partial charge on any atom is -0.363 e. The summed E-state index contributed by atoms with van der Waals surface area (Å²) in [5, 5.41) is 1.96. The molecule has 2 rings (SSSR count). The van der Waals surface area contributed by atoms with Gasteiger partial charge >= 0.3 is 0 Å². The summed E-state index contributed by atoms with van der Waals surface area (Å²) in [6, 6.07) is 3.88. The van der Waals surface area contributed by atoms with Gasteiger partial charge in [-0.05, 0) is 11.4 Å². The van der Waals surface area contributed by atoms with Gasteiger partial charge in [0.05, 0.1) is 16.8 Å². The maximum absolute atomic E-state index is 10.7. The van der Waals surface area contributed by atoms with Crippen molar-refractivity contribution in [3.63, 3.8) is 0 Å². The molecule has 5 heteroatoms. The predicted octanol–water partition coefficient (Wildman–Crippen LogP) is 1.24. The zero-order valence-corrected chi connectivity index (χ0v) is 7.47. The number of nitrogens with one attached hydrogen (secondary N) is 1. The van der Waals surface area contributed by atoms with Crippen molar-refractivity contribution in [2.24, 2.45) is 5.73 Å². The average Bonchev–Trinajstić information content (AvgIpc) is 2.75. The van der Waals surface area contributed by atoms with Gasteiger partial charge in [0, 0.05) is 0 Å². The van der Waals surface area contributed by atoms with Crippen LogP contribution in [0, 0.1) is 0 Å². The Balaban J connectivity index is 2.39. The van der Waals surface area contributed by atoms with E-state index in [-0.39, 0.29) is 5.82 Å². The number of hydrogen-bond acceptors (Lipinski definition) is 3. The molecule has 4 nitrogen and oxygen atoms in total. The van der Waals surface area contributed by atoms with Crippen molar-refractivity contribution < 1.29 is 4.79 Å². The van der Waals surface area contributed by atoms with E-state index in [1.54, 1.807) is 17.5 Å². The van der Waals surface area contributed by atoms with Crippen molar-refractivity contribution in [2.45, 2.75) is 0 Å². The van der Waals surface area contributed by atoms with Gasteiger partial charge in [0.1, 0.15) is 0 Å². The summed E-state index contributed by atoms with van der Waals surface area (Å²) in [5.41, 5.74) is 5.87. The van der Waals surface area contributed by atoms with Crippen LogP contribution in [0.5, 0.6) is 0 Å². The lowest BCUT2D eigenvalue weighted by Crippen LogP contribution is -2.12. The van der Waals surface area contributed by atoms with E-state index in [0.717, 1.165) is 10.6 Å². The molecular formula is C8H7N3OS. The van der Waals surface area contributed by atoms with Crippen molar-refractivity contribution in [2.75, 3.05) is 0 Å². The first kappa shape index (κ1) is 8.00. The van der Waals surface area contributed by atoms with E-state index in [0.29, 0.717) is 0 Å². The number of H-pyrrole nitrogens is 1. The molecule has 0 unspecified atom stereocenters. The molecule has 0 bridgehead atoms. The van der Waals surface area contributed by atoms with E-state index in [2.05, 4.69) is 9.97 Å². The fourth-order valence-corrected chi connectivity index (χ4v) is 1.70. The molecular weight excluding hydrogens is 186 g/mol. The number of primary amides is 1. The van der Waals surface area contributed by atoms with E-state index >= 15 is 0 Å². The summed E-state index contributed by atoms with van der Waals surface area (Å²) in [7, 11) is 0. The molecule has 0 aliphatic carbocycles. The van der Waals surface area contributed by atoms with Gasteiger partial charge < -0.3 is 10.7 Å². The Hall–Kier alpha value is -1.62. The highest BCUT2D eigenvalue weighted by Crippen LogP contribution is 2.22. The van der Waals surface area contributed by atoms with Crippen LogP contribution < -0.4 is 5.73 Å². The fraction of sp³-hybridized carbons (Fsp3) is 0. The van der Waals surface area contributed by atoms with Gasteiger partial charge in [-0.2, -0.15) is 0 Å². The Bertz CT molecular complexity index is 418. The number of nitrogens with two attached hydrogens (primary N) is 1. The van der Waals surface area contributed by atoms with Gasteiger partial charge in [0.2, 0.25) is 0 Å². The minimum atomic E-state index is -0.539. The van der Waals surface area contributed by atoms with Crippen molar-refractivity contribution in [3.05, 3.63) is 29.5 Å². The molecule has 0 spiro atoms.